The number of hydrogen-bond acceptors (Lipinski definition) is 3. The van der Waals surface area contributed by atoms with Gasteiger partial charge < -0.3 is 9.64 Å². The van der Waals surface area contributed by atoms with Crippen LogP contribution in [0, 0.1) is 5.92 Å². The van der Waals surface area contributed by atoms with Crippen molar-refractivity contribution in [3.05, 3.63) is 24.4 Å². The van der Waals surface area contributed by atoms with Crippen LogP contribution in [0.5, 0.6) is 0 Å². The van der Waals surface area contributed by atoms with Gasteiger partial charge in [-0.15, -0.1) is 0 Å². The molecule has 0 aliphatic carbocycles. The summed E-state index contributed by atoms with van der Waals surface area (Å²) >= 11 is 0. The number of carbonyl (C=O) groups is 2. The van der Waals surface area contributed by atoms with Crippen LogP contribution in [0.3, 0.4) is 0 Å². The minimum absolute atomic E-state index is 0.00125. The van der Waals surface area contributed by atoms with Crippen molar-refractivity contribution < 1.29 is 14.3 Å². The van der Waals surface area contributed by atoms with E-state index in [1.165, 1.54) is 6.20 Å². The van der Waals surface area contributed by atoms with Crippen LogP contribution in [0.1, 0.15) is 20.3 Å². The summed E-state index contributed by atoms with van der Waals surface area (Å²) in [7, 11) is 0. The molecular formula is C12H17NO3. The summed E-state index contributed by atoms with van der Waals surface area (Å²) in [5.74, 6) is -0.576. The van der Waals surface area contributed by atoms with Gasteiger partial charge in [-0.3, -0.25) is 4.79 Å². The third kappa shape index (κ3) is 2.72. The van der Waals surface area contributed by atoms with E-state index in [-0.39, 0.29) is 17.8 Å². The van der Waals surface area contributed by atoms with Gasteiger partial charge in [0.15, 0.2) is 0 Å². The van der Waals surface area contributed by atoms with E-state index in [9.17, 15) is 9.59 Å². The summed E-state index contributed by atoms with van der Waals surface area (Å²) in [6.07, 6.45) is 3.93. The lowest BCUT2D eigenvalue weighted by Crippen LogP contribution is -2.21. The average Bonchev–Trinajstić information content (AvgIpc) is 2.60. The quantitative estimate of drug-likeness (QED) is 0.536. The summed E-state index contributed by atoms with van der Waals surface area (Å²) in [4.78, 5) is 24.6. The van der Waals surface area contributed by atoms with E-state index in [0.717, 1.165) is 6.42 Å². The third-order valence-corrected chi connectivity index (χ3v) is 2.55. The Balaban J connectivity index is 2.67. The van der Waals surface area contributed by atoms with E-state index in [0.29, 0.717) is 18.7 Å². The maximum Gasteiger partial charge on any atom is 0.333 e. The predicted molar refractivity (Wildman–Crippen MR) is 60.4 cm³/mol. The Morgan fingerprint density at radius 3 is 2.88 bits per heavy atom. The normalized spacial score (nSPS) is 21.1. The Morgan fingerprint density at radius 2 is 2.38 bits per heavy atom. The lowest BCUT2D eigenvalue weighted by atomic mass is 10.1. The van der Waals surface area contributed by atoms with Crippen LogP contribution < -0.4 is 0 Å². The van der Waals surface area contributed by atoms with Gasteiger partial charge in [0, 0.05) is 12.1 Å². The fourth-order valence-electron chi connectivity index (χ4n) is 1.68. The minimum atomic E-state index is -0.354. The third-order valence-electron chi connectivity index (χ3n) is 2.55. The first-order valence-corrected chi connectivity index (χ1v) is 5.38. The number of esters is 1. The molecule has 0 aromatic carbocycles. The van der Waals surface area contributed by atoms with Crippen LogP contribution in [-0.2, 0) is 14.3 Å². The Bertz CT molecular complexity index is 333. The predicted octanol–water partition coefficient (Wildman–Crippen LogP) is 1.49. The second kappa shape index (κ2) is 5.49. The highest BCUT2D eigenvalue weighted by molar-refractivity contribution is 5.90. The van der Waals surface area contributed by atoms with Crippen LogP contribution in [0.4, 0.5) is 0 Å². The molecule has 1 atom stereocenters. The maximum atomic E-state index is 11.7. The SMILES string of the molecule is C=CN1CCC(C=C(C)C(=O)OCC)C1=O. The van der Waals surface area contributed by atoms with Crippen molar-refractivity contribution in [2.24, 2.45) is 5.92 Å². The molecule has 1 aliphatic rings. The molecule has 4 heteroatoms. The summed E-state index contributed by atoms with van der Waals surface area (Å²) in [5, 5.41) is 0. The zero-order valence-corrected chi connectivity index (χ0v) is 9.73. The van der Waals surface area contributed by atoms with Gasteiger partial charge in [-0.05, 0) is 26.5 Å². The van der Waals surface area contributed by atoms with E-state index in [2.05, 4.69) is 6.58 Å². The monoisotopic (exact) mass is 223 g/mol. The first-order chi connectivity index (χ1) is 7.60. The van der Waals surface area contributed by atoms with Gasteiger partial charge >= 0.3 is 5.97 Å². The van der Waals surface area contributed by atoms with Gasteiger partial charge in [0.05, 0.1) is 12.5 Å². The fourth-order valence-corrected chi connectivity index (χ4v) is 1.68. The van der Waals surface area contributed by atoms with Gasteiger partial charge in [-0.2, -0.15) is 0 Å². The van der Waals surface area contributed by atoms with Crippen molar-refractivity contribution in [2.45, 2.75) is 20.3 Å². The molecular weight excluding hydrogens is 206 g/mol. The van der Waals surface area contributed by atoms with Gasteiger partial charge in [-0.25, -0.2) is 4.79 Å². The molecule has 0 aromatic rings. The number of amides is 1. The van der Waals surface area contributed by atoms with E-state index in [4.69, 9.17) is 4.74 Å². The van der Waals surface area contributed by atoms with Crippen molar-refractivity contribution in [1.29, 1.82) is 0 Å². The van der Waals surface area contributed by atoms with E-state index < -0.39 is 0 Å². The second-order valence-corrected chi connectivity index (χ2v) is 3.68. The Morgan fingerprint density at radius 1 is 1.69 bits per heavy atom. The second-order valence-electron chi connectivity index (χ2n) is 3.68. The number of nitrogens with zero attached hydrogens (tertiary/aromatic N) is 1. The van der Waals surface area contributed by atoms with Crippen molar-refractivity contribution in [3.8, 4) is 0 Å². The molecule has 1 unspecified atom stereocenters. The topological polar surface area (TPSA) is 46.6 Å². The molecule has 1 fully saturated rings. The highest BCUT2D eigenvalue weighted by Gasteiger charge is 2.28. The number of ether oxygens (including phenoxy) is 1. The summed E-state index contributed by atoms with van der Waals surface area (Å²) in [5.41, 5.74) is 0.492. The molecule has 0 radical (unpaired) electrons. The minimum Gasteiger partial charge on any atom is -0.463 e. The van der Waals surface area contributed by atoms with Crippen LogP contribution in [0.15, 0.2) is 24.4 Å². The number of carbonyl (C=O) groups excluding carboxylic acids is 2. The summed E-state index contributed by atoms with van der Waals surface area (Å²) in [6, 6.07) is 0. The van der Waals surface area contributed by atoms with Gasteiger partial charge in [-0.1, -0.05) is 12.7 Å². The lowest BCUT2D eigenvalue weighted by molar-refractivity contribution is -0.138. The highest BCUT2D eigenvalue weighted by atomic mass is 16.5. The molecule has 1 aliphatic heterocycles. The molecule has 1 saturated heterocycles. The molecule has 0 spiro atoms. The van der Waals surface area contributed by atoms with Crippen molar-refractivity contribution in [1.82, 2.24) is 4.90 Å². The van der Waals surface area contributed by atoms with Gasteiger partial charge in [0.25, 0.3) is 0 Å². The molecule has 88 valence electrons. The van der Waals surface area contributed by atoms with Crippen molar-refractivity contribution in [3.63, 3.8) is 0 Å². The first kappa shape index (κ1) is 12.5. The van der Waals surface area contributed by atoms with Gasteiger partial charge in [0.1, 0.15) is 0 Å². The number of hydrogen-bond donors (Lipinski definition) is 0. The molecule has 1 rings (SSSR count). The summed E-state index contributed by atoms with van der Waals surface area (Å²) < 4.78 is 4.85. The molecule has 0 saturated carbocycles. The molecule has 16 heavy (non-hydrogen) atoms. The Kier molecular flexibility index (Phi) is 4.28. The zero-order chi connectivity index (χ0) is 12.1. The average molecular weight is 223 g/mol. The van der Waals surface area contributed by atoms with Crippen molar-refractivity contribution in [2.75, 3.05) is 13.2 Å². The lowest BCUT2D eigenvalue weighted by Gasteiger charge is -2.09. The van der Waals surface area contributed by atoms with Crippen LogP contribution in [-0.4, -0.2) is 29.9 Å². The summed E-state index contributed by atoms with van der Waals surface area (Å²) in [6.45, 7) is 8.00. The van der Waals surface area contributed by atoms with Crippen LogP contribution >= 0.6 is 0 Å². The molecule has 4 nitrogen and oxygen atoms in total. The maximum absolute atomic E-state index is 11.7. The standard InChI is InChI=1S/C12H17NO3/c1-4-13-7-6-10(11(13)14)8-9(3)12(15)16-5-2/h4,8,10H,1,5-7H2,2-3H3. The van der Waals surface area contributed by atoms with E-state index in [1.54, 1.807) is 24.8 Å². The highest BCUT2D eigenvalue weighted by Crippen LogP contribution is 2.20. The van der Waals surface area contributed by atoms with Gasteiger partial charge in [0.2, 0.25) is 5.91 Å². The van der Waals surface area contributed by atoms with Crippen molar-refractivity contribution >= 4 is 11.9 Å². The molecule has 0 bridgehead atoms. The van der Waals surface area contributed by atoms with Crippen LogP contribution in [0.25, 0.3) is 0 Å². The zero-order valence-electron chi connectivity index (χ0n) is 9.73. The number of rotatable bonds is 4. The molecule has 0 N–H and O–H groups in total. The Hall–Kier alpha value is -1.58. The molecule has 1 amide bonds. The fraction of sp³-hybridized carbons (Fsp3) is 0.500. The smallest absolute Gasteiger partial charge is 0.333 e. The molecule has 1 heterocycles. The van der Waals surface area contributed by atoms with E-state index >= 15 is 0 Å². The number of likely N-dealkylation sites (tertiary alicyclic amines) is 1. The van der Waals surface area contributed by atoms with Crippen LogP contribution in [0.2, 0.25) is 0 Å². The Labute approximate surface area is 95.6 Å². The molecule has 0 aromatic heterocycles. The first-order valence-electron chi connectivity index (χ1n) is 5.38. The largest absolute Gasteiger partial charge is 0.463 e. The van der Waals surface area contributed by atoms with E-state index in [1.807, 2.05) is 0 Å².